The highest BCUT2D eigenvalue weighted by molar-refractivity contribution is 7.24. The summed E-state index contributed by atoms with van der Waals surface area (Å²) in [6.07, 6.45) is 0. The minimum absolute atomic E-state index is 0.00906. The number of hydrogen-bond donors (Lipinski definition) is 0. The number of carbonyl (C=O) groups is 1. The molecule has 0 N–H and O–H groups in total. The van der Waals surface area contributed by atoms with E-state index < -0.39 is 0 Å². The Hall–Kier alpha value is -2.34. The van der Waals surface area contributed by atoms with Gasteiger partial charge in [-0.2, -0.15) is 0 Å². The first-order valence-corrected chi connectivity index (χ1v) is 7.69. The number of hydrogen-bond acceptors (Lipinski definition) is 5. The van der Waals surface area contributed by atoms with Gasteiger partial charge in [0, 0.05) is 15.5 Å². The summed E-state index contributed by atoms with van der Waals surface area (Å²) in [5, 5.41) is 1.37. The fourth-order valence-corrected chi connectivity index (χ4v) is 3.38. The number of ether oxygens (including phenoxy) is 2. The van der Waals surface area contributed by atoms with E-state index in [0.29, 0.717) is 11.1 Å². The van der Waals surface area contributed by atoms with Crippen molar-refractivity contribution in [2.45, 2.75) is 0 Å². The van der Waals surface area contributed by atoms with E-state index >= 15 is 0 Å². The number of benzene rings is 2. The van der Waals surface area contributed by atoms with E-state index in [1.807, 2.05) is 30.3 Å². The second kappa shape index (κ2) is 6.19. The summed E-state index contributed by atoms with van der Waals surface area (Å²) in [7, 11) is 1.36. The zero-order chi connectivity index (χ0) is 15.5. The molecule has 0 amide bonds. The molecule has 2 aromatic carbocycles. The topological polar surface area (TPSA) is 52.6 Å². The summed E-state index contributed by atoms with van der Waals surface area (Å²) >= 11 is 1.52. The Kier molecular flexibility index (Phi) is 4.11. The van der Waals surface area contributed by atoms with Crippen LogP contribution in [0, 0.1) is 0 Å². The van der Waals surface area contributed by atoms with Crippen LogP contribution in [0.4, 0.5) is 4.79 Å². The van der Waals surface area contributed by atoms with Crippen LogP contribution in [0.1, 0.15) is 0 Å². The first-order valence-electron chi connectivity index (χ1n) is 6.87. The molecular weight excluding hydrogens is 299 g/mol. The summed E-state index contributed by atoms with van der Waals surface area (Å²) in [5.41, 5.74) is 0.00906. The van der Waals surface area contributed by atoms with E-state index in [2.05, 4.69) is 0 Å². The van der Waals surface area contributed by atoms with Gasteiger partial charge in [0.05, 0.1) is 4.70 Å². The minimum atomic E-state index is -0.336. The Morgan fingerprint density at radius 1 is 1.05 bits per heavy atom. The molecule has 0 atom stereocenters. The third-order valence-corrected chi connectivity index (χ3v) is 4.41. The molecule has 0 spiro atoms. The lowest BCUT2D eigenvalue weighted by Crippen LogP contribution is -2.11. The molecule has 0 saturated heterocycles. The van der Waals surface area contributed by atoms with Gasteiger partial charge in [-0.3, -0.25) is 9.59 Å². The van der Waals surface area contributed by atoms with E-state index in [1.165, 1.54) is 19.2 Å². The highest BCUT2D eigenvalue weighted by Gasteiger charge is 2.09. The van der Waals surface area contributed by atoms with Gasteiger partial charge in [0.1, 0.15) is 19.0 Å². The molecule has 0 aliphatic carbocycles. The maximum atomic E-state index is 12.5. The van der Waals surface area contributed by atoms with Crippen LogP contribution >= 0.6 is 11.3 Å². The van der Waals surface area contributed by atoms with Crippen molar-refractivity contribution < 1.29 is 14.3 Å². The van der Waals surface area contributed by atoms with Crippen molar-refractivity contribution in [1.29, 1.82) is 0 Å². The molecule has 1 aromatic heterocycles. The molecule has 0 bridgehead atoms. The summed E-state index contributed by atoms with van der Waals surface area (Å²) in [6, 6.07) is 13.0. The Balaban J connectivity index is 2.01. The molecule has 0 unspecified atom stereocenters. The lowest BCUT2D eigenvalue weighted by atomic mass is 10.2. The molecule has 0 aliphatic heterocycles. The maximum Gasteiger partial charge on any atom is 0.243 e. The van der Waals surface area contributed by atoms with Gasteiger partial charge in [-0.05, 0) is 24.3 Å². The van der Waals surface area contributed by atoms with Gasteiger partial charge < -0.3 is 9.47 Å². The van der Waals surface area contributed by atoms with Gasteiger partial charge in [-0.25, -0.2) is 0 Å². The van der Waals surface area contributed by atoms with Crippen LogP contribution in [0.25, 0.3) is 20.2 Å². The second-order valence-electron chi connectivity index (χ2n) is 4.75. The van der Waals surface area contributed by atoms with Gasteiger partial charge >= 0.3 is 0 Å². The van der Waals surface area contributed by atoms with Gasteiger partial charge in [0.25, 0.3) is 0 Å². The van der Waals surface area contributed by atoms with Crippen molar-refractivity contribution >= 4 is 45.2 Å². The molecule has 3 aromatic rings. The summed E-state index contributed by atoms with van der Waals surface area (Å²) in [5.74, 6) is 0.301. The van der Waals surface area contributed by atoms with Crippen LogP contribution in [0.15, 0.2) is 47.3 Å². The molecule has 0 fully saturated rings. The molecule has 0 saturated carbocycles. The van der Waals surface area contributed by atoms with Crippen LogP contribution in [-0.2, 0) is 4.74 Å². The Labute approximate surface area is 131 Å². The maximum absolute atomic E-state index is 12.5. The zero-order valence-electron chi connectivity index (χ0n) is 12.0. The molecule has 0 aliphatic rings. The van der Waals surface area contributed by atoms with Crippen molar-refractivity contribution in [3.63, 3.8) is 0 Å². The van der Waals surface area contributed by atoms with E-state index in [0.717, 1.165) is 14.8 Å². The molecule has 0 radical (unpaired) electrons. The van der Waals surface area contributed by atoms with Crippen molar-refractivity contribution in [3.8, 4) is 5.75 Å². The van der Waals surface area contributed by atoms with Crippen LogP contribution < -0.4 is 10.2 Å². The highest BCUT2D eigenvalue weighted by Crippen LogP contribution is 2.31. The summed E-state index contributed by atoms with van der Waals surface area (Å²) in [6.45, 7) is 0.445. The Morgan fingerprint density at radius 2 is 1.82 bits per heavy atom. The van der Waals surface area contributed by atoms with Gasteiger partial charge in [-0.15, -0.1) is 11.3 Å². The lowest BCUT2D eigenvalue weighted by Gasteiger charge is -2.09. The third kappa shape index (κ3) is 2.83. The zero-order valence-corrected chi connectivity index (χ0v) is 12.8. The van der Waals surface area contributed by atoms with Crippen LogP contribution in [0.2, 0.25) is 0 Å². The number of rotatable bonds is 4. The smallest absolute Gasteiger partial charge is 0.243 e. The van der Waals surface area contributed by atoms with Gasteiger partial charge in [-0.1, -0.05) is 18.2 Å². The predicted octanol–water partition coefficient (Wildman–Crippen LogP) is 2.56. The van der Waals surface area contributed by atoms with Gasteiger partial charge in [0.15, 0.2) is 5.43 Å². The minimum Gasteiger partial charge on any atom is -0.489 e. The van der Waals surface area contributed by atoms with Gasteiger partial charge in [0.2, 0.25) is 13.7 Å². The van der Waals surface area contributed by atoms with Crippen molar-refractivity contribution in [2.75, 3.05) is 13.2 Å². The second-order valence-corrected chi connectivity index (χ2v) is 5.80. The SMILES string of the molecule is BC(=O)OCCOc1cccc2c(=O)c3ccccc3sc12. The molecule has 4 nitrogen and oxygen atoms in total. The van der Waals surface area contributed by atoms with E-state index in [9.17, 15) is 9.59 Å². The monoisotopic (exact) mass is 312 g/mol. The quantitative estimate of drug-likeness (QED) is 0.422. The van der Waals surface area contributed by atoms with E-state index in [-0.39, 0.29) is 24.5 Å². The Bertz CT molecular complexity index is 903. The normalized spacial score (nSPS) is 10.7. The summed E-state index contributed by atoms with van der Waals surface area (Å²) < 4.78 is 12.3. The van der Waals surface area contributed by atoms with Crippen molar-refractivity contribution in [2.24, 2.45) is 0 Å². The van der Waals surface area contributed by atoms with Crippen molar-refractivity contribution in [3.05, 3.63) is 52.7 Å². The largest absolute Gasteiger partial charge is 0.489 e. The fourth-order valence-electron chi connectivity index (χ4n) is 2.25. The number of carbonyl (C=O) groups excluding carboxylic acids is 1. The lowest BCUT2D eigenvalue weighted by molar-refractivity contribution is 0.148. The van der Waals surface area contributed by atoms with Crippen LogP contribution in [0.3, 0.4) is 0 Å². The first kappa shape index (κ1) is 14.6. The predicted molar refractivity (Wildman–Crippen MR) is 91.0 cm³/mol. The first-order chi connectivity index (χ1) is 10.7. The van der Waals surface area contributed by atoms with Crippen molar-refractivity contribution in [1.82, 2.24) is 0 Å². The molecule has 6 heteroatoms. The van der Waals surface area contributed by atoms with Crippen LogP contribution in [-0.4, -0.2) is 26.9 Å². The fraction of sp³-hybridized carbons (Fsp3) is 0.125. The summed E-state index contributed by atoms with van der Waals surface area (Å²) in [4.78, 5) is 23.3. The molecule has 1 heterocycles. The average molecular weight is 312 g/mol. The molecular formula is C16H13BO4S. The standard InChI is InChI=1S/C16H13BO4S/c17-16(19)21-9-8-20-12-6-3-5-11-14(18)10-4-1-2-7-13(10)22-15(11)12/h1-7H,8-9,17H2. The van der Waals surface area contributed by atoms with E-state index in [4.69, 9.17) is 9.47 Å². The molecule has 3 rings (SSSR count). The molecule has 22 heavy (non-hydrogen) atoms. The average Bonchev–Trinajstić information content (AvgIpc) is 2.52. The molecule has 110 valence electrons. The highest BCUT2D eigenvalue weighted by atomic mass is 32.1. The Morgan fingerprint density at radius 3 is 2.64 bits per heavy atom. The third-order valence-electron chi connectivity index (χ3n) is 3.21. The number of fused-ring (bicyclic) bond motifs is 2. The van der Waals surface area contributed by atoms with E-state index in [1.54, 1.807) is 12.1 Å². The van der Waals surface area contributed by atoms with Crippen LogP contribution in [0.5, 0.6) is 5.75 Å².